The minimum absolute atomic E-state index is 0.184. The molecule has 0 aliphatic carbocycles. The highest BCUT2D eigenvalue weighted by atomic mass is 16.2. The van der Waals surface area contributed by atoms with Gasteiger partial charge >= 0.3 is 0 Å². The fraction of sp³-hybridized carbons (Fsp3) is 0.333. The van der Waals surface area contributed by atoms with Crippen molar-refractivity contribution >= 4 is 17.5 Å². The molecule has 2 amide bonds. The van der Waals surface area contributed by atoms with Gasteiger partial charge in [-0.15, -0.1) is 0 Å². The predicted molar refractivity (Wildman–Crippen MR) is 64.3 cm³/mol. The lowest BCUT2D eigenvalue weighted by Gasteiger charge is -2.34. The zero-order valence-electron chi connectivity index (χ0n) is 9.64. The number of benzene rings is 1. The van der Waals surface area contributed by atoms with E-state index < -0.39 is 0 Å². The van der Waals surface area contributed by atoms with Crippen LogP contribution in [0.25, 0.3) is 0 Å². The smallest absolute Gasteiger partial charge is 0.249 e. The molecule has 17 heavy (non-hydrogen) atoms. The van der Waals surface area contributed by atoms with Crippen LogP contribution in [0.15, 0.2) is 24.3 Å². The van der Waals surface area contributed by atoms with E-state index in [0.29, 0.717) is 6.54 Å². The molecule has 0 spiro atoms. The molecule has 1 fully saturated rings. The SMILES string of the molecule is CC1C(=O)NC(=O)CN1c1ccccc1CN. The molecule has 0 saturated carbocycles. The molecular weight excluding hydrogens is 218 g/mol. The van der Waals surface area contributed by atoms with E-state index in [2.05, 4.69) is 5.32 Å². The Morgan fingerprint density at radius 2 is 2.12 bits per heavy atom. The quantitative estimate of drug-likeness (QED) is 0.705. The maximum Gasteiger partial charge on any atom is 0.249 e. The van der Waals surface area contributed by atoms with Gasteiger partial charge in [0.1, 0.15) is 6.04 Å². The second-order valence-electron chi connectivity index (χ2n) is 4.05. The van der Waals surface area contributed by atoms with Gasteiger partial charge in [-0.1, -0.05) is 18.2 Å². The molecule has 1 heterocycles. The molecule has 1 atom stereocenters. The van der Waals surface area contributed by atoms with E-state index in [-0.39, 0.29) is 24.4 Å². The summed E-state index contributed by atoms with van der Waals surface area (Å²) in [6, 6.07) is 7.18. The molecule has 1 aromatic carbocycles. The lowest BCUT2D eigenvalue weighted by Crippen LogP contribution is -2.57. The molecule has 2 rings (SSSR count). The molecule has 0 bridgehead atoms. The van der Waals surface area contributed by atoms with Crippen molar-refractivity contribution in [1.29, 1.82) is 0 Å². The van der Waals surface area contributed by atoms with Crippen LogP contribution in [-0.2, 0) is 16.1 Å². The van der Waals surface area contributed by atoms with Crippen molar-refractivity contribution in [3.63, 3.8) is 0 Å². The van der Waals surface area contributed by atoms with Crippen molar-refractivity contribution in [1.82, 2.24) is 5.32 Å². The van der Waals surface area contributed by atoms with Gasteiger partial charge in [0.2, 0.25) is 11.8 Å². The minimum atomic E-state index is -0.361. The van der Waals surface area contributed by atoms with Crippen LogP contribution in [0, 0.1) is 0 Å². The third kappa shape index (κ3) is 2.14. The van der Waals surface area contributed by atoms with E-state index in [1.165, 1.54) is 0 Å². The third-order valence-corrected chi connectivity index (χ3v) is 2.94. The van der Waals surface area contributed by atoms with E-state index in [1.54, 1.807) is 11.8 Å². The number of carbonyl (C=O) groups is 2. The van der Waals surface area contributed by atoms with Crippen LogP contribution >= 0.6 is 0 Å². The highest BCUT2D eigenvalue weighted by molar-refractivity contribution is 6.04. The van der Waals surface area contributed by atoms with Crippen LogP contribution in [0.4, 0.5) is 5.69 Å². The number of hydrogen-bond donors (Lipinski definition) is 2. The molecule has 1 aromatic rings. The van der Waals surface area contributed by atoms with E-state index in [0.717, 1.165) is 11.3 Å². The van der Waals surface area contributed by atoms with E-state index in [9.17, 15) is 9.59 Å². The first-order valence-electron chi connectivity index (χ1n) is 5.52. The summed E-state index contributed by atoms with van der Waals surface area (Å²) in [5.74, 6) is -0.548. The number of carbonyl (C=O) groups excluding carboxylic acids is 2. The first-order valence-corrected chi connectivity index (χ1v) is 5.52. The Labute approximate surface area is 99.6 Å². The molecule has 5 heteroatoms. The van der Waals surface area contributed by atoms with E-state index in [1.807, 2.05) is 24.3 Å². The Bertz CT molecular complexity index is 459. The number of rotatable bonds is 2. The molecule has 1 unspecified atom stereocenters. The maximum absolute atomic E-state index is 11.6. The van der Waals surface area contributed by atoms with Gasteiger partial charge in [-0.05, 0) is 18.6 Å². The Kier molecular flexibility index (Phi) is 3.10. The molecule has 3 N–H and O–H groups in total. The van der Waals surface area contributed by atoms with Crippen molar-refractivity contribution < 1.29 is 9.59 Å². The Morgan fingerprint density at radius 3 is 2.82 bits per heavy atom. The molecule has 1 saturated heterocycles. The number of imide groups is 1. The Hall–Kier alpha value is -1.88. The summed E-state index contributed by atoms with van der Waals surface area (Å²) in [6.45, 7) is 2.34. The van der Waals surface area contributed by atoms with E-state index >= 15 is 0 Å². The molecule has 90 valence electrons. The summed E-state index contributed by atoms with van der Waals surface area (Å²) in [4.78, 5) is 24.8. The standard InChI is InChI=1S/C12H15N3O2/c1-8-12(17)14-11(16)7-15(8)10-5-3-2-4-9(10)6-13/h2-5,8H,6-7,13H2,1H3,(H,14,16,17). The van der Waals surface area contributed by atoms with Gasteiger partial charge in [0.25, 0.3) is 0 Å². The molecule has 1 aliphatic heterocycles. The van der Waals surface area contributed by atoms with Crippen LogP contribution in [0.5, 0.6) is 0 Å². The second kappa shape index (κ2) is 4.55. The zero-order valence-corrected chi connectivity index (χ0v) is 9.64. The summed E-state index contributed by atoms with van der Waals surface area (Å²) in [5, 5.41) is 2.32. The first-order chi connectivity index (χ1) is 8.13. The average Bonchev–Trinajstić information content (AvgIpc) is 2.33. The number of nitrogens with two attached hydrogens (primary N) is 1. The van der Waals surface area contributed by atoms with Crippen molar-refractivity contribution in [2.24, 2.45) is 5.73 Å². The third-order valence-electron chi connectivity index (χ3n) is 2.94. The van der Waals surface area contributed by atoms with Crippen molar-refractivity contribution in [3.8, 4) is 0 Å². The highest BCUT2D eigenvalue weighted by Gasteiger charge is 2.31. The number of para-hydroxylation sites is 1. The van der Waals surface area contributed by atoms with Crippen LogP contribution < -0.4 is 16.0 Å². The molecule has 1 aliphatic rings. The maximum atomic E-state index is 11.6. The summed E-state index contributed by atoms with van der Waals surface area (Å²) in [6.07, 6.45) is 0. The summed E-state index contributed by atoms with van der Waals surface area (Å²) in [7, 11) is 0. The van der Waals surface area contributed by atoms with Gasteiger partial charge in [-0.2, -0.15) is 0 Å². The zero-order chi connectivity index (χ0) is 12.4. The number of piperazine rings is 1. The molecule has 0 aromatic heterocycles. The fourth-order valence-electron chi connectivity index (χ4n) is 1.97. The highest BCUT2D eigenvalue weighted by Crippen LogP contribution is 2.23. The molecule has 5 nitrogen and oxygen atoms in total. The summed E-state index contributed by atoms with van der Waals surface area (Å²) < 4.78 is 0. The van der Waals surface area contributed by atoms with Crippen molar-refractivity contribution in [3.05, 3.63) is 29.8 Å². The summed E-state index contributed by atoms with van der Waals surface area (Å²) in [5.41, 5.74) is 7.44. The number of nitrogens with one attached hydrogen (secondary N) is 1. The monoisotopic (exact) mass is 233 g/mol. The molecule has 0 radical (unpaired) electrons. The van der Waals surface area contributed by atoms with Crippen LogP contribution in [0.1, 0.15) is 12.5 Å². The van der Waals surface area contributed by atoms with Gasteiger partial charge in [0.05, 0.1) is 6.54 Å². The summed E-state index contributed by atoms with van der Waals surface area (Å²) >= 11 is 0. The first kappa shape index (κ1) is 11.6. The Morgan fingerprint density at radius 1 is 1.41 bits per heavy atom. The number of amides is 2. The lowest BCUT2D eigenvalue weighted by atomic mass is 10.1. The largest absolute Gasteiger partial charge is 0.350 e. The Balaban J connectivity index is 2.37. The minimum Gasteiger partial charge on any atom is -0.350 e. The van der Waals surface area contributed by atoms with Gasteiger partial charge in [0, 0.05) is 12.2 Å². The number of hydrogen-bond acceptors (Lipinski definition) is 4. The second-order valence-corrected chi connectivity index (χ2v) is 4.05. The van der Waals surface area contributed by atoms with Crippen LogP contribution in [0.3, 0.4) is 0 Å². The fourth-order valence-corrected chi connectivity index (χ4v) is 1.97. The van der Waals surface area contributed by atoms with Crippen LogP contribution in [-0.4, -0.2) is 24.4 Å². The van der Waals surface area contributed by atoms with Gasteiger partial charge in [0.15, 0.2) is 0 Å². The average molecular weight is 233 g/mol. The lowest BCUT2D eigenvalue weighted by molar-refractivity contribution is -0.132. The number of anilines is 1. The van der Waals surface area contributed by atoms with E-state index in [4.69, 9.17) is 5.73 Å². The van der Waals surface area contributed by atoms with Gasteiger partial charge in [-0.3, -0.25) is 14.9 Å². The van der Waals surface area contributed by atoms with Gasteiger partial charge in [-0.25, -0.2) is 0 Å². The van der Waals surface area contributed by atoms with Gasteiger partial charge < -0.3 is 10.6 Å². The topological polar surface area (TPSA) is 75.4 Å². The van der Waals surface area contributed by atoms with Crippen molar-refractivity contribution in [2.75, 3.05) is 11.4 Å². The predicted octanol–water partition coefficient (Wildman–Crippen LogP) is -0.00340. The van der Waals surface area contributed by atoms with Crippen LogP contribution in [0.2, 0.25) is 0 Å². The molecular formula is C12H15N3O2. The normalized spacial score (nSPS) is 20.4. The number of nitrogens with zero attached hydrogens (tertiary/aromatic N) is 1. The van der Waals surface area contributed by atoms with Crippen molar-refractivity contribution in [2.45, 2.75) is 19.5 Å².